The molecule has 1 N–H and O–H groups in total. The highest BCUT2D eigenvalue weighted by Gasteiger charge is 2.25. The zero-order valence-corrected chi connectivity index (χ0v) is 19.5. The second-order valence-corrected chi connectivity index (χ2v) is 9.45. The summed E-state index contributed by atoms with van der Waals surface area (Å²) in [7, 11) is 0. The van der Waals surface area contributed by atoms with E-state index >= 15 is 0 Å². The predicted octanol–water partition coefficient (Wildman–Crippen LogP) is 5.73. The van der Waals surface area contributed by atoms with Gasteiger partial charge >= 0.3 is 6.09 Å². The van der Waals surface area contributed by atoms with Crippen LogP contribution in [0.15, 0.2) is 53.4 Å². The number of nitrogens with zero attached hydrogens (tertiary/aromatic N) is 4. The van der Waals surface area contributed by atoms with Crippen molar-refractivity contribution in [3.05, 3.63) is 64.6 Å². The number of aromatic nitrogens is 2. The first-order valence-corrected chi connectivity index (χ1v) is 12.1. The molecule has 32 heavy (non-hydrogen) atoms. The molecule has 0 aliphatic carbocycles. The van der Waals surface area contributed by atoms with Gasteiger partial charge in [-0.25, -0.2) is 14.8 Å². The van der Waals surface area contributed by atoms with Crippen LogP contribution in [0.1, 0.15) is 43.9 Å². The van der Waals surface area contributed by atoms with Crippen molar-refractivity contribution in [2.45, 2.75) is 39.2 Å². The van der Waals surface area contributed by atoms with E-state index in [1.165, 1.54) is 21.8 Å². The van der Waals surface area contributed by atoms with Crippen molar-refractivity contribution in [2.75, 3.05) is 24.5 Å². The van der Waals surface area contributed by atoms with Gasteiger partial charge in [0, 0.05) is 30.6 Å². The summed E-state index contributed by atoms with van der Waals surface area (Å²) >= 11 is 1.49. The Morgan fingerprint density at radius 3 is 2.69 bits per heavy atom. The zero-order valence-electron chi connectivity index (χ0n) is 18.6. The lowest BCUT2D eigenvalue weighted by molar-refractivity contribution is 0.129. The van der Waals surface area contributed by atoms with Crippen LogP contribution < -0.4 is 4.90 Å². The normalized spacial score (nSPS) is 14.7. The SMILES string of the molecule is CC(C)c1cccc(-c2cccc(N3CCC(CN(Cc4cscn4)C(=O)O)CC3)n2)c1. The van der Waals surface area contributed by atoms with Gasteiger partial charge < -0.3 is 14.9 Å². The van der Waals surface area contributed by atoms with Gasteiger partial charge in [0.1, 0.15) is 5.82 Å². The van der Waals surface area contributed by atoms with E-state index in [1.807, 2.05) is 5.38 Å². The summed E-state index contributed by atoms with van der Waals surface area (Å²) in [6.07, 6.45) is 1.03. The molecule has 0 saturated carbocycles. The Morgan fingerprint density at radius 1 is 1.22 bits per heavy atom. The maximum atomic E-state index is 11.7. The lowest BCUT2D eigenvalue weighted by Gasteiger charge is -2.34. The Labute approximate surface area is 193 Å². The third-order valence-electron chi connectivity index (χ3n) is 6.11. The van der Waals surface area contributed by atoms with E-state index < -0.39 is 6.09 Å². The van der Waals surface area contributed by atoms with Gasteiger partial charge in [-0.1, -0.05) is 38.1 Å². The van der Waals surface area contributed by atoms with Gasteiger partial charge in [0.05, 0.1) is 23.4 Å². The number of anilines is 1. The molecule has 0 bridgehead atoms. The Kier molecular flexibility index (Phi) is 7.05. The van der Waals surface area contributed by atoms with Gasteiger partial charge in [-0.15, -0.1) is 11.3 Å². The Hall–Kier alpha value is -2.93. The first-order valence-electron chi connectivity index (χ1n) is 11.2. The third kappa shape index (κ3) is 5.46. The Balaban J connectivity index is 1.38. The summed E-state index contributed by atoms with van der Waals surface area (Å²) in [4.78, 5) is 24.7. The van der Waals surface area contributed by atoms with Crippen molar-refractivity contribution in [3.63, 3.8) is 0 Å². The molecule has 2 aromatic heterocycles. The molecule has 0 radical (unpaired) electrons. The Bertz CT molecular complexity index is 1030. The van der Waals surface area contributed by atoms with Crippen LogP contribution in [0, 0.1) is 5.92 Å². The van der Waals surface area contributed by atoms with Gasteiger partial charge in [-0.3, -0.25) is 0 Å². The number of rotatable bonds is 7. The molecule has 1 aromatic carbocycles. The number of carbonyl (C=O) groups is 1. The Morgan fingerprint density at radius 2 is 2.00 bits per heavy atom. The molecule has 1 saturated heterocycles. The zero-order chi connectivity index (χ0) is 22.5. The predicted molar refractivity (Wildman–Crippen MR) is 129 cm³/mol. The van der Waals surface area contributed by atoms with E-state index in [2.05, 4.69) is 66.2 Å². The summed E-state index contributed by atoms with van der Waals surface area (Å²) < 4.78 is 0. The fourth-order valence-electron chi connectivity index (χ4n) is 4.20. The molecule has 168 valence electrons. The standard InChI is InChI=1S/C25H30N4O2S/c1-18(2)20-5-3-6-21(13-20)23-7-4-8-24(27-23)28-11-9-19(10-12-28)14-29(25(30)31)15-22-16-32-17-26-22/h3-8,13,16-19H,9-12,14-15H2,1-2H3,(H,30,31). The van der Waals surface area contributed by atoms with Crippen LogP contribution in [0.2, 0.25) is 0 Å². The molecular weight excluding hydrogens is 420 g/mol. The van der Waals surface area contributed by atoms with E-state index in [1.54, 1.807) is 5.51 Å². The molecule has 6 nitrogen and oxygen atoms in total. The monoisotopic (exact) mass is 450 g/mol. The summed E-state index contributed by atoms with van der Waals surface area (Å²) in [6, 6.07) is 14.8. The number of pyridine rings is 1. The van der Waals surface area contributed by atoms with Crippen molar-refractivity contribution in [1.29, 1.82) is 0 Å². The highest BCUT2D eigenvalue weighted by Crippen LogP contribution is 2.27. The van der Waals surface area contributed by atoms with E-state index in [0.717, 1.165) is 48.7 Å². The summed E-state index contributed by atoms with van der Waals surface area (Å²) in [5, 5.41) is 11.5. The second-order valence-electron chi connectivity index (χ2n) is 8.73. The molecular formula is C25H30N4O2S. The van der Waals surface area contributed by atoms with Crippen molar-refractivity contribution in [3.8, 4) is 11.3 Å². The largest absolute Gasteiger partial charge is 0.465 e. The van der Waals surface area contributed by atoms with Crippen LogP contribution in [0.4, 0.5) is 10.6 Å². The first-order chi connectivity index (χ1) is 15.5. The van der Waals surface area contributed by atoms with Gasteiger partial charge in [-0.2, -0.15) is 0 Å². The highest BCUT2D eigenvalue weighted by molar-refractivity contribution is 7.07. The minimum absolute atomic E-state index is 0.354. The number of thiazole rings is 1. The fourth-order valence-corrected chi connectivity index (χ4v) is 4.74. The average molecular weight is 451 g/mol. The average Bonchev–Trinajstić information content (AvgIpc) is 3.32. The molecule has 1 aliphatic rings. The van der Waals surface area contributed by atoms with Crippen molar-refractivity contribution in [2.24, 2.45) is 5.92 Å². The van der Waals surface area contributed by atoms with Gasteiger partial charge in [-0.05, 0) is 48.4 Å². The number of hydrogen-bond acceptors (Lipinski definition) is 5. The van der Waals surface area contributed by atoms with Gasteiger partial charge in [0.15, 0.2) is 0 Å². The molecule has 0 atom stereocenters. The van der Waals surface area contributed by atoms with Crippen molar-refractivity contribution < 1.29 is 9.90 Å². The van der Waals surface area contributed by atoms with Crippen LogP contribution in [0.3, 0.4) is 0 Å². The molecule has 3 heterocycles. The minimum Gasteiger partial charge on any atom is -0.465 e. The van der Waals surface area contributed by atoms with Crippen LogP contribution >= 0.6 is 11.3 Å². The van der Waals surface area contributed by atoms with Crippen LogP contribution in [-0.4, -0.2) is 45.7 Å². The van der Waals surface area contributed by atoms with Crippen LogP contribution in [0.5, 0.6) is 0 Å². The van der Waals surface area contributed by atoms with Gasteiger partial charge in [0.25, 0.3) is 0 Å². The molecule has 7 heteroatoms. The third-order valence-corrected chi connectivity index (χ3v) is 6.74. The number of piperidine rings is 1. The molecule has 0 spiro atoms. The first kappa shape index (κ1) is 22.3. The summed E-state index contributed by atoms with van der Waals surface area (Å²) in [6.45, 7) is 7.09. The summed E-state index contributed by atoms with van der Waals surface area (Å²) in [5.41, 5.74) is 6.02. The lowest BCUT2D eigenvalue weighted by atomic mass is 9.96. The van der Waals surface area contributed by atoms with E-state index in [-0.39, 0.29) is 0 Å². The maximum absolute atomic E-state index is 11.7. The molecule has 1 amide bonds. The minimum atomic E-state index is -0.876. The number of carboxylic acid groups (broad SMARTS) is 1. The lowest BCUT2D eigenvalue weighted by Crippen LogP contribution is -2.40. The smallest absolute Gasteiger partial charge is 0.407 e. The van der Waals surface area contributed by atoms with Crippen molar-refractivity contribution in [1.82, 2.24) is 14.9 Å². The number of amides is 1. The highest BCUT2D eigenvalue weighted by atomic mass is 32.1. The molecule has 3 aromatic rings. The maximum Gasteiger partial charge on any atom is 0.407 e. The number of hydrogen-bond donors (Lipinski definition) is 1. The summed E-state index contributed by atoms with van der Waals surface area (Å²) in [5.74, 6) is 1.83. The topological polar surface area (TPSA) is 69.6 Å². The molecule has 0 unspecified atom stereocenters. The van der Waals surface area contributed by atoms with Crippen LogP contribution in [-0.2, 0) is 6.54 Å². The van der Waals surface area contributed by atoms with E-state index in [0.29, 0.717) is 24.9 Å². The fraction of sp³-hybridized carbons (Fsp3) is 0.400. The quantitative estimate of drug-likeness (QED) is 0.498. The van der Waals surface area contributed by atoms with Crippen LogP contribution in [0.25, 0.3) is 11.3 Å². The van der Waals surface area contributed by atoms with Crippen molar-refractivity contribution >= 4 is 23.2 Å². The van der Waals surface area contributed by atoms with E-state index in [9.17, 15) is 9.90 Å². The molecule has 1 aliphatic heterocycles. The molecule has 1 fully saturated rings. The van der Waals surface area contributed by atoms with Gasteiger partial charge in [0.2, 0.25) is 0 Å². The molecule has 4 rings (SSSR count). The number of benzene rings is 1. The second kappa shape index (κ2) is 10.1. The van der Waals surface area contributed by atoms with E-state index in [4.69, 9.17) is 4.98 Å².